The van der Waals surface area contributed by atoms with Crippen LogP contribution in [-0.4, -0.2) is 62.6 Å². The van der Waals surface area contributed by atoms with Crippen molar-refractivity contribution in [2.24, 2.45) is 5.10 Å². The number of carbonyl (C=O) groups excluding carboxylic acids is 2. The van der Waals surface area contributed by atoms with E-state index in [-0.39, 0.29) is 29.7 Å². The zero-order chi connectivity index (χ0) is 20.2. The molecular formula is C16H20ClN3O7. The van der Waals surface area contributed by atoms with Crippen LogP contribution in [-0.2, 0) is 19.1 Å². The van der Waals surface area contributed by atoms with Crippen LogP contribution in [0.5, 0.6) is 11.5 Å². The molecule has 3 N–H and O–H groups in total. The summed E-state index contributed by atoms with van der Waals surface area (Å²) in [6.07, 6.45) is 1.25. The van der Waals surface area contributed by atoms with Crippen molar-refractivity contribution in [2.75, 3.05) is 33.5 Å². The Labute approximate surface area is 160 Å². The monoisotopic (exact) mass is 401 g/mol. The molecule has 27 heavy (non-hydrogen) atoms. The van der Waals surface area contributed by atoms with Crippen molar-refractivity contribution in [3.63, 3.8) is 0 Å². The fraction of sp³-hybridized carbons (Fsp3) is 0.375. The molecule has 0 saturated heterocycles. The van der Waals surface area contributed by atoms with Gasteiger partial charge >= 0.3 is 17.8 Å². The van der Waals surface area contributed by atoms with Crippen molar-refractivity contribution in [1.29, 1.82) is 0 Å². The molecule has 0 aliphatic carbocycles. The van der Waals surface area contributed by atoms with Crippen LogP contribution in [0.3, 0.4) is 0 Å². The highest BCUT2D eigenvalue weighted by Gasteiger charge is 2.14. The van der Waals surface area contributed by atoms with Gasteiger partial charge in [-0.2, -0.15) is 5.10 Å². The Balaban J connectivity index is 2.79. The number of rotatable bonds is 10. The molecule has 0 saturated carbocycles. The van der Waals surface area contributed by atoms with Gasteiger partial charge in [0.05, 0.1) is 24.5 Å². The number of carboxylic acids is 1. The number of halogens is 1. The molecule has 10 nitrogen and oxygen atoms in total. The standard InChI is InChI=1S/C16H20ClN3O7/c1-3-26-12-7-10(6-11(17)14(12)27-9-13(21)22)8-19-20-16(24)15(23)18-4-5-25-2/h6-8H,3-5,9H2,1-2H3,(H,18,23)(H,20,24)(H,21,22)/b19-8-. The lowest BCUT2D eigenvalue weighted by Gasteiger charge is -2.13. The third-order valence-corrected chi connectivity index (χ3v) is 3.13. The Kier molecular flexibility index (Phi) is 9.62. The molecule has 2 amide bonds. The quantitative estimate of drug-likeness (QED) is 0.223. The van der Waals surface area contributed by atoms with E-state index in [1.165, 1.54) is 25.5 Å². The third kappa shape index (κ3) is 7.92. The van der Waals surface area contributed by atoms with Crippen molar-refractivity contribution < 1.29 is 33.7 Å². The molecule has 0 radical (unpaired) electrons. The van der Waals surface area contributed by atoms with Crippen LogP contribution in [0.4, 0.5) is 0 Å². The van der Waals surface area contributed by atoms with Crippen LogP contribution in [0.15, 0.2) is 17.2 Å². The Bertz CT molecular complexity index is 709. The van der Waals surface area contributed by atoms with Gasteiger partial charge in [0, 0.05) is 13.7 Å². The van der Waals surface area contributed by atoms with Gasteiger partial charge in [0.15, 0.2) is 18.1 Å². The second-order valence-electron chi connectivity index (χ2n) is 4.89. The summed E-state index contributed by atoms with van der Waals surface area (Å²) < 4.78 is 15.3. The van der Waals surface area contributed by atoms with Crippen molar-refractivity contribution in [2.45, 2.75) is 6.92 Å². The number of carboxylic acid groups (broad SMARTS) is 1. The molecule has 1 rings (SSSR count). The van der Waals surface area contributed by atoms with E-state index in [0.29, 0.717) is 12.2 Å². The highest BCUT2D eigenvalue weighted by molar-refractivity contribution is 6.35. The summed E-state index contributed by atoms with van der Waals surface area (Å²) in [6, 6.07) is 2.94. The lowest BCUT2D eigenvalue weighted by molar-refractivity contribution is -0.139. The summed E-state index contributed by atoms with van der Waals surface area (Å²) >= 11 is 6.09. The van der Waals surface area contributed by atoms with E-state index in [1.807, 2.05) is 0 Å². The fourth-order valence-electron chi connectivity index (χ4n) is 1.76. The van der Waals surface area contributed by atoms with Gasteiger partial charge in [-0.3, -0.25) is 9.59 Å². The first-order chi connectivity index (χ1) is 12.9. The number of aliphatic carboxylic acids is 1. The molecule has 0 spiro atoms. The number of hydrogen-bond acceptors (Lipinski definition) is 7. The summed E-state index contributed by atoms with van der Waals surface area (Å²) in [7, 11) is 1.47. The van der Waals surface area contributed by atoms with E-state index in [1.54, 1.807) is 6.92 Å². The Morgan fingerprint density at radius 3 is 2.63 bits per heavy atom. The average molecular weight is 402 g/mol. The fourth-order valence-corrected chi connectivity index (χ4v) is 2.04. The van der Waals surface area contributed by atoms with Gasteiger partial charge in [0.2, 0.25) is 0 Å². The van der Waals surface area contributed by atoms with E-state index in [4.69, 9.17) is 30.9 Å². The molecule has 0 aromatic heterocycles. The van der Waals surface area contributed by atoms with Gasteiger partial charge in [0.25, 0.3) is 0 Å². The number of methoxy groups -OCH3 is 1. The number of amides is 2. The largest absolute Gasteiger partial charge is 0.490 e. The number of ether oxygens (including phenoxy) is 3. The third-order valence-electron chi connectivity index (χ3n) is 2.85. The van der Waals surface area contributed by atoms with Crippen LogP contribution in [0, 0.1) is 0 Å². The van der Waals surface area contributed by atoms with Gasteiger partial charge in [-0.15, -0.1) is 0 Å². The maximum Gasteiger partial charge on any atom is 0.341 e. The summed E-state index contributed by atoms with van der Waals surface area (Å²) in [5.74, 6) is -2.66. The molecule has 1 aromatic rings. The first kappa shape index (κ1) is 22.2. The molecule has 0 aliphatic heterocycles. The average Bonchev–Trinajstić information content (AvgIpc) is 2.61. The Morgan fingerprint density at radius 1 is 1.26 bits per heavy atom. The summed E-state index contributed by atoms with van der Waals surface area (Å²) in [5, 5.41) is 14.8. The minimum absolute atomic E-state index is 0.0830. The van der Waals surface area contributed by atoms with E-state index in [2.05, 4.69) is 15.8 Å². The van der Waals surface area contributed by atoms with Gasteiger partial charge in [-0.05, 0) is 24.6 Å². The second-order valence-corrected chi connectivity index (χ2v) is 5.30. The molecular weight excluding hydrogens is 382 g/mol. The van der Waals surface area contributed by atoms with Gasteiger partial charge in [-0.1, -0.05) is 11.6 Å². The molecule has 0 heterocycles. The maximum absolute atomic E-state index is 11.6. The van der Waals surface area contributed by atoms with Crippen LogP contribution in [0.25, 0.3) is 0 Å². The Hall–Kier alpha value is -2.85. The van der Waals surface area contributed by atoms with E-state index < -0.39 is 24.4 Å². The van der Waals surface area contributed by atoms with Gasteiger partial charge < -0.3 is 24.6 Å². The molecule has 148 valence electrons. The van der Waals surface area contributed by atoms with Gasteiger partial charge in [-0.25, -0.2) is 10.2 Å². The predicted octanol–water partition coefficient (Wildman–Crippen LogP) is 0.415. The number of benzene rings is 1. The molecule has 11 heteroatoms. The smallest absolute Gasteiger partial charge is 0.341 e. The van der Waals surface area contributed by atoms with E-state index >= 15 is 0 Å². The maximum atomic E-state index is 11.6. The van der Waals surface area contributed by atoms with Crippen molar-refractivity contribution in [3.8, 4) is 11.5 Å². The lowest BCUT2D eigenvalue weighted by Crippen LogP contribution is -2.39. The van der Waals surface area contributed by atoms with Crippen LogP contribution in [0.2, 0.25) is 5.02 Å². The van der Waals surface area contributed by atoms with Crippen LogP contribution >= 0.6 is 11.6 Å². The van der Waals surface area contributed by atoms with Crippen LogP contribution in [0.1, 0.15) is 12.5 Å². The van der Waals surface area contributed by atoms with Crippen molar-refractivity contribution >= 4 is 35.6 Å². The highest BCUT2D eigenvalue weighted by Crippen LogP contribution is 2.36. The topological polar surface area (TPSA) is 136 Å². The number of nitrogens with zero attached hydrogens (tertiary/aromatic N) is 1. The SMILES string of the molecule is CCOc1cc(/C=N\NC(=O)C(=O)NCCOC)cc(Cl)c1OCC(=O)O. The minimum atomic E-state index is -1.16. The molecule has 0 aliphatic rings. The number of hydrogen-bond donors (Lipinski definition) is 3. The van der Waals surface area contributed by atoms with Crippen molar-refractivity contribution in [3.05, 3.63) is 22.7 Å². The second kappa shape index (κ2) is 11.7. The molecule has 1 aromatic carbocycles. The zero-order valence-electron chi connectivity index (χ0n) is 14.8. The molecule has 0 bridgehead atoms. The Morgan fingerprint density at radius 2 is 2.00 bits per heavy atom. The number of nitrogens with one attached hydrogen (secondary N) is 2. The molecule has 0 fully saturated rings. The highest BCUT2D eigenvalue weighted by atomic mass is 35.5. The van der Waals surface area contributed by atoms with E-state index in [0.717, 1.165) is 0 Å². The van der Waals surface area contributed by atoms with Gasteiger partial charge in [0.1, 0.15) is 0 Å². The first-order valence-electron chi connectivity index (χ1n) is 7.80. The normalized spacial score (nSPS) is 10.5. The lowest BCUT2D eigenvalue weighted by atomic mass is 10.2. The summed E-state index contributed by atoms with van der Waals surface area (Å²) in [5.41, 5.74) is 2.50. The van der Waals surface area contributed by atoms with E-state index in [9.17, 15) is 14.4 Å². The minimum Gasteiger partial charge on any atom is -0.490 e. The summed E-state index contributed by atoms with van der Waals surface area (Å²) in [6.45, 7) is 1.91. The first-order valence-corrected chi connectivity index (χ1v) is 8.17. The number of hydrazone groups is 1. The zero-order valence-corrected chi connectivity index (χ0v) is 15.5. The predicted molar refractivity (Wildman–Crippen MR) is 96.4 cm³/mol. The number of carbonyl (C=O) groups is 3. The molecule has 0 atom stereocenters. The van der Waals surface area contributed by atoms with Crippen molar-refractivity contribution in [1.82, 2.24) is 10.7 Å². The summed E-state index contributed by atoms with van der Waals surface area (Å²) in [4.78, 5) is 33.7. The molecule has 0 unspecified atom stereocenters. The van der Waals surface area contributed by atoms with Crippen LogP contribution < -0.4 is 20.2 Å².